The molecule has 1 aromatic rings. The minimum absolute atomic E-state index is 0.0689. The number of rotatable bonds is 5. The van der Waals surface area contributed by atoms with Gasteiger partial charge in [0.25, 0.3) is 0 Å². The zero-order chi connectivity index (χ0) is 13.5. The Kier molecular flexibility index (Phi) is 5.17. The van der Waals surface area contributed by atoms with Gasteiger partial charge in [0.15, 0.2) is 0 Å². The number of amides is 2. The number of hydrogen-bond acceptors (Lipinski definition) is 3. The number of nitrogens with two attached hydrogens (primary N) is 1. The number of likely N-dealkylation sites (N-methyl/N-ethyl adjacent to an activating group) is 2. The van der Waals surface area contributed by atoms with E-state index >= 15 is 0 Å². The van der Waals surface area contributed by atoms with Gasteiger partial charge in [-0.2, -0.15) is 0 Å². The van der Waals surface area contributed by atoms with Gasteiger partial charge >= 0.3 is 0 Å². The summed E-state index contributed by atoms with van der Waals surface area (Å²) in [7, 11) is 1.61. The van der Waals surface area contributed by atoms with Crippen molar-refractivity contribution >= 4 is 17.5 Å². The van der Waals surface area contributed by atoms with Gasteiger partial charge in [0.1, 0.15) is 0 Å². The van der Waals surface area contributed by atoms with E-state index in [4.69, 9.17) is 5.73 Å². The predicted molar refractivity (Wildman–Crippen MR) is 70.9 cm³/mol. The lowest BCUT2D eigenvalue weighted by atomic mass is 10.1. The Morgan fingerprint density at radius 2 is 2.00 bits per heavy atom. The Bertz CT molecular complexity index is 432. The number of benzene rings is 1. The molecular formula is C13H19N3O2. The normalized spacial score (nSPS) is 9.89. The van der Waals surface area contributed by atoms with Crippen LogP contribution < -0.4 is 11.1 Å². The molecule has 0 saturated carbocycles. The first-order chi connectivity index (χ1) is 8.54. The summed E-state index contributed by atoms with van der Waals surface area (Å²) in [6.45, 7) is 2.47. The Morgan fingerprint density at radius 3 is 2.61 bits per heavy atom. The molecule has 1 rings (SSSR count). The molecule has 5 nitrogen and oxygen atoms in total. The molecule has 98 valence electrons. The molecule has 0 atom stereocenters. The lowest BCUT2D eigenvalue weighted by Gasteiger charge is -2.17. The number of para-hydroxylation sites is 1. The molecule has 0 radical (unpaired) electrons. The third kappa shape index (κ3) is 4.08. The van der Waals surface area contributed by atoms with E-state index in [9.17, 15) is 9.59 Å². The summed E-state index contributed by atoms with van der Waals surface area (Å²) >= 11 is 0. The van der Waals surface area contributed by atoms with Gasteiger partial charge in [-0.15, -0.1) is 0 Å². The van der Waals surface area contributed by atoms with Gasteiger partial charge in [0.05, 0.1) is 13.0 Å². The zero-order valence-corrected chi connectivity index (χ0v) is 10.8. The molecule has 0 fully saturated rings. The Balaban J connectivity index is 2.55. The van der Waals surface area contributed by atoms with Crippen LogP contribution in [0.3, 0.4) is 0 Å². The maximum Gasteiger partial charge on any atom is 0.239 e. The van der Waals surface area contributed by atoms with Gasteiger partial charge in [-0.3, -0.25) is 9.59 Å². The number of anilines is 1. The van der Waals surface area contributed by atoms with Gasteiger partial charge in [0.2, 0.25) is 11.8 Å². The monoisotopic (exact) mass is 249 g/mol. The molecule has 1 aromatic carbocycles. The Hall–Kier alpha value is -2.04. The summed E-state index contributed by atoms with van der Waals surface area (Å²) in [5, 5.41) is 2.65. The molecule has 0 aliphatic heterocycles. The van der Waals surface area contributed by atoms with E-state index < -0.39 is 0 Å². The van der Waals surface area contributed by atoms with Crippen molar-refractivity contribution in [2.75, 3.05) is 25.9 Å². The number of nitrogens with one attached hydrogen (secondary N) is 1. The van der Waals surface area contributed by atoms with E-state index in [0.717, 1.165) is 5.56 Å². The van der Waals surface area contributed by atoms with Gasteiger partial charge in [-0.25, -0.2) is 0 Å². The van der Waals surface area contributed by atoms with E-state index in [1.54, 1.807) is 13.1 Å². The predicted octanol–water partition coefficient (Wildman–Crippen LogP) is 0.406. The summed E-state index contributed by atoms with van der Waals surface area (Å²) in [5.41, 5.74) is 7.15. The van der Waals surface area contributed by atoms with Crippen molar-refractivity contribution in [2.45, 2.75) is 13.3 Å². The summed E-state index contributed by atoms with van der Waals surface area (Å²) in [4.78, 5) is 24.6. The molecule has 2 amide bonds. The zero-order valence-electron chi connectivity index (χ0n) is 10.8. The van der Waals surface area contributed by atoms with Gasteiger partial charge in [-0.05, 0) is 18.6 Å². The third-order valence-electron chi connectivity index (χ3n) is 2.58. The van der Waals surface area contributed by atoms with Crippen LogP contribution in [-0.4, -0.2) is 36.9 Å². The van der Waals surface area contributed by atoms with E-state index in [1.807, 2.05) is 25.1 Å². The first-order valence-corrected chi connectivity index (χ1v) is 5.88. The maximum atomic E-state index is 11.9. The fraction of sp³-hybridized carbons (Fsp3) is 0.385. The molecule has 0 saturated heterocycles. The van der Waals surface area contributed by atoms with Crippen molar-refractivity contribution in [2.24, 2.45) is 0 Å². The molecule has 0 heterocycles. The quantitative estimate of drug-likeness (QED) is 0.742. The van der Waals surface area contributed by atoms with E-state index in [0.29, 0.717) is 12.2 Å². The first kappa shape index (κ1) is 14.0. The second-order valence-corrected chi connectivity index (χ2v) is 4.08. The highest BCUT2D eigenvalue weighted by atomic mass is 16.2. The van der Waals surface area contributed by atoms with Crippen LogP contribution in [-0.2, 0) is 16.0 Å². The van der Waals surface area contributed by atoms with Crippen LogP contribution in [0.4, 0.5) is 5.69 Å². The minimum Gasteiger partial charge on any atom is -0.398 e. The first-order valence-electron chi connectivity index (χ1n) is 5.88. The van der Waals surface area contributed by atoms with Crippen molar-refractivity contribution in [1.82, 2.24) is 10.2 Å². The summed E-state index contributed by atoms with van der Waals surface area (Å²) in [5.74, 6) is -0.284. The summed E-state index contributed by atoms with van der Waals surface area (Å²) in [6, 6.07) is 7.23. The van der Waals surface area contributed by atoms with Crippen LogP contribution >= 0.6 is 0 Å². The molecule has 5 heteroatoms. The number of hydrogen-bond donors (Lipinski definition) is 2. The number of nitrogen functional groups attached to an aromatic ring is 1. The molecule has 0 aliphatic carbocycles. The molecule has 3 N–H and O–H groups in total. The summed E-state index contributed by atoms with van der Waals surface area (Å²) < 4.78 is 0. The van der Waals surface area contributed by atoms with E-state index in [-0.39, 0.29) is 24.8 Å². The second-order valence-electron chi connectivity index (χ2n) is 4.08. The molecule has 0 bridgehead atoms. The summed E-state index contributed by atoms with van der Waals surface area (Å²) in [6.07, 6.45) is 0.211. The van der Waals surface area contributed by atoms with Crippen molar-refractivity contribution < 1.29 is 9.59 Å². The molecule has 18 heavy (non-hydrogen) atoms. The van der Waals surface area contributed by atoms with Crippen molar-refractivity contribution in [1.29, 1.82) is 0 Å². The van der Waals surface area contributed by atoms with Gasteiger partial charge in [0, 0.05) is 19.3 Å². The largest absolute Gasteiger partial charge is 0.398 e. The molecule has 0 aliphatic rings. The number of nitrogens with zero attached hydrogens (tertiary/aromatic N) is 1. The SMILES string of the molecule is CCNC(=O)CN(C)C(=O)Cc1ccccc1N. The smallest absolute Gasteiger partial charge is 0.239 e. The fourth-order valence-electron chi connectivity index (χ4n) is 1.55. The number of carbonyl (C=O) groups is 2. The Morgan fingerprint density at radius 1 is 1.33 bits per heavy atom. The third-order valence-corrected chi connectivity index (χ3v) is 2.58. The van der Waals surface area contributed by atoms with Crippen molar-refractivity contribution in [3.63, 3.8) is 0 Å². The van der Waals surface area contributed by atoms with Crippen molar-refractivity contribution in [3.05, 3.63) is 29.8 Å². The van der Waals surface area contributed by atoms with Crippen LogP contribution in [0.2, 0.25) is 0 Å². The van der Waals surface area contributed by atoms with Crippen LogP contribution in [0.15, 0.2) is 24.3 Å². The molecule has 0 spiro atoms. The fourth-order valence-corrected chi connectivity index (χ4v) is 1.55. The van der Waals surface area contributed by atoms with Crippen LogP contribution in [0.5, 0.6) is 0 Å². The molecule has 0 unspecified atom stereocenters. The minimum atomic E-state index is -0.158. The average molecular weight is 249 g/mol. The van der Waals surface area contributed by atoms with E-state index in [2.05, 4.69) is 5.32 Å². The highest BCUT2D eigenvalue weighted by Crippen LogP contribution is 2.11. The lowest BCUT2D eigenvalue weighted by molar-refractivity contribution is -0.134. The highest BCUT2D eigenvalue weighted by molar-refractivity contribution is 5.86. The second kappa shape index (κ2) is 6.64. The van der Waals surface area contributed by atoms with Gasteiger partial charge < -0.3 is 16.0 Å². The maximum absolute atomic E-state index is 11.9. The van der Waals surface area contributed by atoms with E-state index in [1.165, 1.54) is 4.90 Å². The number of carbonyl (C=O) groups excluding carboxylic acids is 2. The van der Waals surface area contributed by atoms with Crippen LogP contribution in [0, 0.1) is 0 Å². The van der Waals surface area contributed by atoms with Crippen LogP contribution in [0.25, 0.3) is 0 Å². The van der Waals surface area contributed by atoms with Gasteiger partial charge in [-0.1, -0.05) is 18.2 Å². The topological polar surface area (TPSA) is 75.4 Å². The van der Waals surface area contributed by atoms with Crippen molar-refractivity contribution in [3.8, 4) is 0 Å². The average Bonchev–Trinajstić information content (AvgIpc) is 2.32. The highest BCUT2D eigenvalue weighted by Gasteiger charge is 2.13. The Labute approximate surface area is 107 Å². The van der Waals surface area contributed by atoms with Crippen LogP contribution in [0.1, 0.15) is 12.5 Å². The molecule has 0 aromatic heterocycles. The lowest BCUT2D eigenvalue weighted by Crippen LogP contribution is -2.38. The standard InChI is InChI=1S/C13H19N3O2/c1-3-15-12(17)9-16(2)13(18)8-10-6-4-5-7-11(10)14/h4-7H,3,8-9,14H2,1-2H3,(H,15,17). The molecular weight excluding hydrogens is 230 g/mol.